The maximum Gasteiger partial charge on any atom is 0.103 e. The minimum absolute atomic E-state index is 0.473. The van der Waals surface area contributed by atoms with E-state index in [0.717, 1.165) is 53.0 Å². The normalized spacial score (nSPS) is 16.5. The Kier molecular flexibility index (Phi) is 3.92. The Morgan fingerprint density at radius 1 is 1.11 bits per heavy atom. The molecule has 0 aromatic carbocycles. The standard InChI is InChI=1S/C21H19N7/c1-27-12-18(11-25-27)16-6-19(21-17(7-22)10-26-28(21)13-16)14-2-3-20(24-9-14)15-4-5-23-8-15/h2-3,6,9-13,15,23H,4-5,8H2,1H3. The van der Waals surface area contributed by atoms with Gasteiger partial charge in [0, 0.05) is 66.0 Å². The van der Waals surface area contributed by atoms with Gasteiger partial charge in [0.15, 0.2) is 0 Å². The van der Waals surface area contributed by atoms with E-state index in [4.69, 9.17) is 4.98 Å². The van der Waals surface area contributed by atoms with Crippen molar-refractivity contribution in [2.45, 2.75) is 12.3 Å². The van der Waals surface area contributed by atoms with Crippen LogP contribution in [0.15, 0.2) is 49.2 Å². The van der Waals surface area contributed by atoms with E-state index in [0.29, 0.717) is 11.5 Å². The van der Waals surface area contributed by atoms with Gasteiger partial charge in [0.25, 0.3) is 0 Å². The first-order valence-electron chi connectivity index (χ1n) is 9.30. The SMILES string of the molecule is Cn1cc(-c2cc(-c3ccc(C4CCNC4)nc3)c3c(C#N)cnn3c2)cn1. The van der Waals surface area contributed by atoms with Gasteiger partial charge in [0.1, 0.15) is 6.07 Å². The Bertz CT molecular complexity index is 1190. The summed E-state index contributed by atoms with van der Waals surface area (Å²) in [4.78, 5) is 4.72. The summed E-state index contributed by atoms with van der Waals surface area (Å²) in [6.45, 7) is 2.03. The Hall–Kier alpha value is -3.50. The number of rotatable bonds is 3. The summed E-state index contributed by atoms with van der Waals surface area (Å²) in [5.74, 6) is 0.473. The molecule has 1 unspecified atom stereocenters. The maximum atomic E-state index is 9.53. The van der Waals surface area contributed by atoms with Crippen molar-refractivity contribution >= 4 is 5.52 Å². The summed E-state index contributed by atoms with van der Waals surface area (Å²) in [5, 5.41) is 21.6. The van der Waals surface area contributed by atoms with Crippen LogP contribution in [-0.4, -0.2) is 37.5 Å². The number of hydrogen-bond donors (Lipinski definition) is 1. The van der Waals surface area contributed by atoms with Crippen LogP contribution in [0.4, 0.5) is 0 Å². The molecular formula is C21H19N7. The monoisotopic (exact) mass is 369 g/mol. The molecule has 5 rings (SSSR count). The van der Waals surface area contributed by atoms with Crippen molar-refractivity contribution in [2.75, 3.05) is 13.1 Å². The van der Waals surface area contributed by atoms with Gasteiger partial charge in [0.05, 0.1) is 23.5 Å². The fourth-order valence-electron chi connectivity index (χ4n) is 3.86. The highest BCUT2D eigenvalue weighted by molar-refractivity contribution is 5.87. The lowest BCUT2D eigenvalue weighted by Gasteiger charge is -2.11. The molecule has 1 aliphatic heterocycles. The molecule has 0 amide bonds. The van der Waals surface area contributed by atoms with E-state index < -0.39 is 0 Å². The Labute approximate surface area is 162 Å². The number of pyridine rings is 2. The molecule has 1 atom stereocenters. The third-order valence-electron chi connectivity index (χ3n) is 5.35. The van der Waals surface area contributed by atoms with E-state index in [-0.39, 0.29) is 0 Å². The molecule has 138 valence electrons. The van der Waals surface area contributed by atoms with Gasteiger partial charge in [0.2, 0.25) is 0 Å². The van der Waals surface area contributed by atoms with Crippen molar-refractivity contribution in [1.82, 2.24) is 29.7 Å². The van der Waals surface area contributed by atoms with Crippen LogP contribution in [-0.2, 0) is 7.05 Å². The first-order chi connectivity index (χ1) is 13.7. The fourth-order valence-corrected chi connectivity index (χ4v) is 3.86. The number of nitriles is 1. The zero-order chi connectivity index (χ0) is 19.1. The Morgan fingerprint density at radius 3 is 2.71 bits per heavy atom. The van der Waals surface area contributed by atoms with Crippen molar-refractivity contribution in [2.24, 2.45) is 7.05 Å². The van der Waals surface area contributed by atoms with Gasteiger partial charge >= 0.3 is 0 Å². The van der Waals surface area contributed by atoms with E-state index >= 15 is 0 Å². The molecule has 0 aliphatic carbocycles. The lowest BCUT2D eigenvalue weighted by molar-refractivity contribution is 0.735. The topological polar surface area (TPSA) is 83.8 Å². The molecule has 7 heteroatoms. The molecule has 28 heavy (non-hydrogen) atoms. The first kappa shape index (κ1) is 16.7. The molecule has 1 fully saturated rings. The number of nitrogens with zero attached hydrogens (tertiary/aromatic N) is 6. The van der Waals surface area contributed by atoms with E-state index in [1.807, 2.05) is 31.8 Å². The number of hydrogen-bond acceptors (Lipinski definition) is 5. The van der Waals surface area contributed by atoms with E-state index in [1.54, 1.807) is 15.4 Å². The summed E-state index contributed by atoms with van der Waals surface area (Å²) in [7, 11) is 1.89. The van der Waals surface area contributed by atoms with Crippen molar-refractivity contribution in [3.8, 4) is 28.3 Å². The quantitative estimate of drug-likeness (QED) is 0.600. The molecular weight excluding hydrogens is 350 g/mol. The van der Waals surface area contributed by atoms with Crippen molar-refractivity contribution in [1.29, 1.82) is 5.26 Å². The van der Waals surface area contributed by atoms with Crippen LogP contribution in [0.1, 0.15) is 23.6 Å². The lowest BCUT2D eigenvalue weighted by Crippen LogP contribution is -2.08. The molecule has 1 N–H and O–H groups in total. The zero-order valence-electron chi connectivity index (χ0n) is 15.5. The zero-order valence-corrected chi connectivity index (χ0v) is 15.5. The van der Waals surface area contributed by atoms with Crippen LogP contribution < -0.4 is 5.32 Å². The highest BCUT2D eigenvalue weighted by Gasteiger charge is 2.19. The molecule has 0 bridgehead atoms. The van der Waals surface area contributed by atoms with Gasteiger partial charge in [-0.15, -0.1) is 0 Å². The van der Waals surface area contributed by atoms with Crippen molar-refractivity contribution in [3.63, 3.8) is 0 Å². The second-order valence-corrected chi connectivity index (χ2v) is 7.17. The Morgan fingerprint density at radius 2 is 2.04 bits per heavy atom. The number of nitrogens with one attached hydrogen (secondary N) is 1. The van der Waals surface area contributed by atoms with Crippen LogP contribution in [0.2, 0.25) is 0 Å². The minimum Gasteiger partial charge on any atom is -0.316 e. The van der Waals surface area contributed by atoms with E-state index in [2.05, 4.69) is 39.8 Å². The van der Waals surface area contributed by atoms with Crippen molar-refractivity contribution < 1.29 is 0 Å². The molecule has 1 saturated heterocycles. The fraction of sp³-hybridized carbons (Fsp3) is 0.238. The molecule has 5 heterocycles. The highest BCUT2D eigenvalue weighted by Crippen LogP contribution is 2.32. The second kappa shape index (κ2) is 6.59. The van der Waals surface area contributed by atoms with Gasteiger partial charge < -0.3 is 5.32 Å². The van der Waals surface area contributed by atoms with Gasteiger partial charge in [-0.1, -0.05) is 6.07 Å². The summed E-state index contributed by atoms with van der Waals surface area (Å²) in [6, 6.07) is 8.53. The second-order valence-electron chi connectivity index (χ2n) is 7.17. The largest absolute Gasteiger partial charge is 0.316 e. The molecule has 1 aliphatic rings. The summed E-state index contributed by atoms with van der Waals surface area (Å²) >= 11 is 0. The van der Waals surface area contributed by atoms with Gasteiger partial charge in [-0.3, -0.25) is 9.67 Å². The first-order valence-corrected chi connectivity index (χ1v) is 9.30. The molecule has 0 spiro atoms. The van der Waals surface area contributed by atoms with Crippen LogP contribution in [0.5, 0.6) is 0 Å². The predicted molar refractivity (Wildman–Crippen MR) is 106 cm³/mol. The van der Waals surface area contributed by atoms with Crippen LogP contribution >= 0.6 is 0 Å². The Balaban J connectivity index is 1.66. The molecule has 4 aromatic heterocycles. The average Bonchev–Trinajstić information content (AvgIpc) is 3.48. The average molecular weight is 369 g/mol. The molecule has 7 nitrogen and oxygen atoms in total. The van der Waals surface area contributed by atoms with E-state index in [1.165, 1.54) is 0 Å². The summed E-state index contributed by atoms with van der Waals surface area (Å²) < 4.78 is 3.54. The van der Waals surface area contributed by atoms with Gasteiger partial charge in [-0.2, -0.15) is 15.5 Å². The third-order valence-corrected chi connectivity index (χ3v) is 5.35. The van der Waals surface area contributed by atoms with Gasteiger partial charge in [-0.05, 0) is 25.1 Å². The van der Waals surface area contributed by atoms with Crippen LogP contribution in [0.3, 0.4) is 0 Å². The molecule has 4 aromatic rings. The van der Waals surface area contributed by atoms with Crippen LogP contribution in [0.25, 0.3) is 27.8 Å². The van der Waals surface area contributed by atoms with Crippen LogP contribution in [0, 0.1) is 11.3 Å². The summed E-state index contributed by atoms with van der Waals surface area (Å²) in [6.07, 6.45) is 10.4. The third kappa shape index (κ3) is 2.75. The number of fused-ring (bicyclic) bond motifs is 1. The number of aryl methyl sites for hydroxylation is 1. The molecule has 0 radical (unpaired) electrons. The predicted octanol–water partition coefficient (Wildman–Crippen LogP) is 2.75. The highest BCUT2D eigenvalue weighted by atomic mass is 15.2. The minimum atomic E-state index is 0.473. The molecule has 0 saturated carbocycles. The summed E-state index contributed by atoms with van der Waals surface area (Å²) in [5.41, 5.74) is 6.38. The maximum absolute atomic E-state index is 9.53. The van der Waals surface area contributed by atoms with E-state index in [9.17, 15) is 5.26 Å². The lowest BCUT2D eigenvalue weighted by atomic mass is 9.99. The van der Waals surface area contributed by atoms with Gasteiger partial charge in [-0.25, -0.2) is 4.52 Å². The smallest absolute Gasteiger partial charge is 0.103 e. The number of aromatic nitrogens is 5. The van der Waals surface area contributed by atoms with Crippen molar-refractivity contribution in [3.05, 3.63) is 60.4 Å².